The molecule has 0 aliphatic carbocycles. The Morgan fingerprint density at radius 2 is 2.12 bits per heavy atom. The largest absolute Gasteiger partial charge is 0.497 e. The van der Waals surface area contributed by atoms with Crippen molar-refractivity contribution in [2.45, 2.75) is 6.42 Å². The predicted octanol–water partition coefficient (Wildman–Crippen LogP) is 2.09. The minimum Gasteiger partial charge on any atom is -0.497 e. The first kappa shape index (κ1) is 16.8. The number of carbonyl (C=O) groups excluding carboxylic acids is 2. The molecule has 25 heavy (non-hydrogen) atoms. The Morgan fingerprint density at radius 3 is 2.80 bits per heavy atom. The standard InChI is InChI=1S/C18H19N3O4/c1-24-14-5-6-16(25-2)15(9-14)21-11-12(8-17(21)22)18(23)20-13-4-3-7-19-10-13/h3-7,9-10,12H,8,11H2,1-2H3,(H,20,23). The summed E-state index contributed by atoms with van der Waals surface area (Å²) in [6, 6.07) is 8.73. The van der Waals surface area contributed by atoms with Crippen molar-refractivity contribution >= 4 is 23.2 Å². The molecule has 0 saturated carbocycles. The maximum atomic E-state index is 12.4. The van der Waals surface area contributed by atoms with Crippen LogP contribution in [0.5, 0.6) is 11.5 Å². The third-order valence-corrected chi connectivity index (χ3v) is 4.10. The van der Waals surface area contributed by atoms with E-state index < -0.39 is 5.92 Å². The van der Waals surface area contributed by atoms with E-state index in [0.29, 0.717) is 22.9 Å². The molecule has 1 atom stereocenters. The van der Waals surface area contributed by atoms with Crippen molar-refractivity contribution in [3.8, 4) is 11.5 Å². The summed E-state index contributed by atoms with van der Waals surface area (Å²) in [6.07, 6.45) is 3.34. The molecule has 2 heterocycles. The molecular formula is C18H19N3O4. The Balaban J connectivity index is 1.77. The highest BCUT2D eigenvalue weighted by atomic mass is 16.5. The van der Waals surface area contributed by atoms with Gasteiger partial charge < -0.3 is 19.7 Å². The lowest BCUT2D eigenvalue weighted by atomic mass is 10.1. The summed E-state index contributed by atoms with van der Waals surface area (Å²) in [4.78, 5) is 30.4. The molecule has 1 aliphatic heterocycles. The molecule has 1 aliphatic rings. The average molecular weight is 341 g/mol. The summed E-state index contributed by atoms with van der Waals surface area (Å²) in [7, 11) is 3.10. The number of pyridine rings is 1. The number of benzene rings is 1. The molecule has 1 N–H and O–H groups in total. The Kier molecular flexibility index (Phi) is 4.83. The Labute approximate surface area is 145 Å². The highest BCUT2D eigenvalue weighted by Crippen LogP contribution is 2.36. The topological polar surface area (TPSA) is 80.8 Å². The number of methoxy groups -OCH3 is 2. The van der Waals surface area contributed by atoms with Crippen LogP contribution in [0, 0.1) is 5.92 Å². The SMILES string of the molecule is COc1ccc(OC)c(N2CC(C(=O)Nc3cccnc3)CC2=O)c1. The van der Waals surface area contributed by atoms with Gasteiger partial charge in [-0.3, -0.25) is 14.6 Å². The number of ether oxygens (including phenoxy) is 2. The quantitative estimate of drug-likeness (QED) is 0.901. The summed E-state index contributed by atoms with van der Waals surface area (Å²) in [6.45, 7) is 0.286. The second-order valence-corrected chi connectivity index (χ2v) is 5.67. The summed E-state index contributed by atoms with van der Waals surface area (Å²) in [5.74, 6) is 0.404. The molecule has 2 aromatic rings. The summed E-state index contributed by atoms with van der Waals surface area (Å²) in [5, 5.41) is 2.79. The number of anilines is 2. The fourth-order valence-corrected chi connectivity index (χ4v) is 2.80. The maximum absolute atomic E-state index is 12.4. The van der Waals surface area contributed by atoms with Gasteiger partial charge in [-0.2, -0.15) is 0 Å². The van der Waals surface area contributed by atoms with E-state index in [1.54, 1.807) is 61.8 Å². The van der Waals surface area contributed by atoms with E-state index in [2.05, 4.69) is 10.3 Å². The van der Waals surface area contributed by atoms with Gasteiger partial charge in [-0.05, 0) is 24.3 Å². The molecule has 1 fully saturated rings. The first-order valence-corrected chi connectivity index (χ1v) is 7.85. The number of carbonyl (C=O) groups is 2. The molecule has 0 spiro atoms. The van der Waals surface area contributed by atoms with Gasteiger partial charge in [0.15, 0.2) is 0 Å². The molecule has 1 saturated heterocycles. The van der Waals surface area contributed by atoms with Crippen molar-refractivity contribution in [3.63, 3.8) is 0 Å². The second-order valence-electron chi connectivity index (χ2n) is 5.67. The van der Waals surface area contributed by atoms with Crippen molar-refractivity contribution in [1.29, 1.82) is 0 Å². The molecule has 7 nitrogen and oxygen atoms in total. The first-order valence-electron chi connectivity index (χ1n) is 7.85. The minimum absolute atomic E-state index is 0.127. The number of rotatable bonds is 5. The molecule has 1 aromatic carbocycles. The zero-order chi connectivity index (χ0) is 17.8. The normalized spacial score (nSPS) is 16.6. The van der Waals surface area contributed by atoms with Gasteiger partial charge in [0.25, 0.3) is 0 Å². The summed E-state index contributed by atoms with van der Waals surface area (Å²) in [5.41, 5.74) is 1.21. The third-order valence-electron chi connectivity index (χ3n) is 4.10. The van der Waals surface area contributed by atoms with Crippen LogP contribution in [0.4, 0.5) is 11.4 Å². The van der Waals surface area contributed by atoms with Crippen LogP contribution in [0.1, 0.15) is 6.42 Å². The highest BCUT2D eigenvalue weighted by Gasteiger charge is 2.36. The van der Waals surface area contributed by atoms with E-state index in [4.69, 9.17) is 9.47 Å². The first-order chi connectivity index (χ1) is 12.1. The average Bonchev–Trinajstić information content (AvgIpc) is 3.03. The van der Waals surface area contributed by atoms with Crippen LogP contribution < -0.4 is 19.7 Å². The van der Waals surface area contributed by atoms with Gasteiger partial charge in [-0.1, -0.05) is 0 Å². The van der Waals surface area contributed by atoms with E-state index in [-0.39, 0.29) is 24.8 Å². The van der Waals surface area contributed by atoms with Crippen LogP contribution in [0.25, 0.3) is 0 Å². The molecule has 7 heteroatoms. The van der Waals surface area contributed by atoms with Gasteiger partial charge in [-0.15, -0.1) is 0 Å². The van der Waals surface area contributed by atoms with Crippen molar-refractivity contribution in [2.24, 2.45) is 5.92 Å². The lowest BCUT2D eigenvalue weighted by Gasteiger charge is -2.20. The molecule has 2 amide bonds. The maximum Gasteiger partial charge on any atom is 0.229 e. The van der Waals surface area contributed by atoms with Gasteiger partial charge >= 0.3 is 0 Å². The molecule has 1 aromatic heterocycles. The summed E-state index contributed by atoms with van der Waals surface area (Å²) >= 11 is 0. The zero-order valence-electron chi connectivity index (χ0n) is 14.1. The molecule has 130 valence electrons. The molecule has 3 rings (SSSR count). The number of hydrogen-bond acceptors (Lipinski definition) is 5. The second kappa shape index (κ2) is 7.21. The Bertz CT molecular complexity index is 779. The monoisotopic (exact) mass is 341 g/mol. The van der Waals surface area contributed by atoms with Crippen LogP contribution in [-0.2, 0) is 9.59 Å². The lowest BCUT2D eigenvalue weighted by Crippen LogP contribution is -2.28. The van der Waals surface area contributed by atoms with Gasteiger partial charge in [0.1, 0.15) is 11.5 Å². The van der Waals surface area contributed by atoms with E-state index >= 15 is 0 Å². The van der Waals surface area contributed by atoms with E-state index in [9.17, 15) is 9.59 Å². The van der Waals surface area contributed by atoms with E-state index in [1.807, 2.05) is 0 Å². The van der Waals surface area contributed by atoms with Crippen molar-refractivity contribution in [1.82, 2.24) is 4.98 Å². The van der Waals surface area contributed by atoms with Crippen LogP contribution in [0.15, 0.2) is 42.7 Å². The number of nitrogens with one attached hydrogen (secondary N) is 1. The smallest absolute Gasteiger partial charge is 0.229 e. The van der Waals surface area contributed by atoms with Crippen molar-refractivity contribution in [2.75, 3.05) is 31.0 Å². The molecule has 0 radical (unpaired) electrons. The van der Waals surface area contributed by atoms with Crippen LogP contribution in [0.2, 0.25) is 0 Å². The number of aromatic nitrogens is 1. The summed E-state index contributed by atoms with van der Waals surface area (Å²) < 4.78 is 10.6. The van der Waals surface area contributed by atoms with Crippen molar-refractivity contribution in [3.05, 3.63) is 42.7 Å². The van der Waals surface area contributed by atoms with Gasteiger partial charge in [0.05, 0.1) is 37.7 Å². The molecule has 0 bridgehead atoms. The minimum atomic E-state index is -0.441. The van der Waals surface area contributed by atoms with E-state index in [0.717, 1.165) is 0 Å². The molecule has 1 unspecified atom stereocenters. The van der Waals surface area contributed by atoms with Crippen molar-refractivity contribution < 1.29 is 19.1 Å². The van der Waals surface area contributed by atoms with Gasteiger partial charge in [0.2, 0.25) is 11.8 Å². The van der Waals surface area contributed by atoms with Crippen LogP contribution in [-0.4, -0.2) is 37.6 Å². The molecular weight excluding hydrogens is 322 g/mol. The number of nitrogens with zero attached hydrogens (tertiary/aromatic N) is 2. The van der Waals surface area contributed by atoms with Gasteiger partial charge in [-0.25, -0.2) is 0 Å². The number of hydrogen-bond donors (Lipinski definition) is 1. The lowest BCUT2D eigenvalue weighted by molar-refractivity contribution is -0.122. The fourth-order valence-electron chi connectivity index (χ4n) is 2.80. The Morgan fingerprint density at radius 1 is 1.28 bits per heavy atom. The van der Waals surface area contributed by atoms with E-state index in [1.165, 1.54) is 0 Å². The highest BCUT2D eigenvalue weighted by molar-refractivity contribution is 6.04. The third kappa shape index (κ3) is 3.55. The predicted molar refractivity (Wildman–Crippen MR) is 92.9 cm³/mol. The number of amides is 2. The van der Waals surface area contributed by atoms with Crippen LogP contribution >= 0.6 is 0 Å². The van der Waals surface area contributed by atoms with Crippen LogP contribution in [0.3, 0.4) is 0 Å². The zero-order valence-corrected chi connectivity index (χ0v) is 14.1. The van der Waals surface area contributed by atoms with Gasteiger partial charge in [0, 0.05) is 25.2 Å². The Hall–Kier alpha value is -3.09. The fraction of sp³-hybridized carbons (Fsp3) is 0.278.